The zero-order chi connectivity index (χ0) is 28.1. The van der Waals surface area contributed by atoms with E-state index in [2.05, 4.69) is 4.84 Å². The van der Waals surface area contributed by atoms with Gasteiger partial charge in [-0.05, 0) is 47.5 Å². The summed E-state index contributed by atoms with van der Waals surface area (Å²) in [5.41, 5.74) is -0.106. The Morgan fingerprint density at radius 2 is 1.29 bits per heavy atom. The number of halogens is 3. The predicted octanol–water partition coefficient (Wildman–Crippen LogP) is 5.24. The lowest BCUT2D eigenvalue weighted by Crippen LogP contribution is -2.37. The van der Waals surface area contributed by atoms with Crippen LogP contribution in [-0.4, -0.2) is 48.3 Å². The monoisotopic (exact) mass is 555 g/mol. The maximum atomic E-state index is 13.3. The lowest BCUT2D eigenvalue weighted by Gasteiger charge is -2.25. The number of rotatable bonds is 10. The highest BCUT2D eigenvalue weighted by Gasteiger charge is 2.41. The molecule has 204 valence electrons. The Morgan fingerprint density at radius 1 is 0.789 bits per heavy atom. The number of anilines is 1. The van der Waals surface area contributed by atoms with Crippen LogP contribution in [0.1, 0.15) is 11.1 Å². The molecule has 0 unspecified atom stereocenters. The van der Waals surface area contributed by atoms with Crippen LogP contribution in [0, 0.1) is 0 Å². The Balaban J connectivity index is 2.16. The van der Waals surface area contributed by atoms with Crippen LogP contribution < -0.4 is 23.4 Å². The molecular weight excluding hydrogens is 531 g/mol. The lowest BCUT2D eigenvalue weighted by molar-refractivity contribution is -0.322. The first-order valence-electron chi connectivity index (χ1n) is 10.7. The Morgan fingerprint density at radius 3 is 1.76 bits per heavy atom. The van der Waals surface area contributed by atoms with Crippen LogP contribution in [0.4, 0.5) is 18.9 Å². The van der Waals surface area contributed by atoms with E-state index >= 15 is 0 Å². The van der Waals surface area contributed by atoms with Gasteiger partial charge in [0.05, 0.1) is 33.3 Å². The van der Waals surface area contributed by atoms with E-state index in [1.54, 1.807) is 18.2 Å². The molecule has 0 fully saturated rings. The van der Waals surface area contributed by atoms with Gasteiger partial charge >= 0.3 is 6.36 Å². The number of nitrogens with zero attached hydrogens (tertiary/aromatic N) is 1. The number of alkyl halides is 3. The van der Waals surface area contributed by atoms with Crippen LogP contribution in [0.3, 0.4) is 0 Å². The van der Waals surface area contributed by atoms with Crippen molar-refractivity contribution in [2.75, 3.05) is 32.9 Å². The highest BCUT2D eigenvalue weighted by atomic mass is 32.2. The molecule has 9 nitrogen and oxygen atoms in total. The molecule has 0 radical (unpaired) electrons. The quantitative estimate of drug-likeness (QED) is 0.268. The van der Waals surface area contributed by atoms with Crippen LogP contribution in [0.25, 0.3) is 12.2 Å². The summed E-state index contributed by atoms with van der Waals surface area (Å²) in [6, 6.07) is 11.9. The van der Waals surface area contributed by atoms with Gasteiger partial charge in [-0.1, -0.05) is 30.4 Å². The molecule has 3 aromatic carbocycles. The zero-order valence-corrected chi connectivity index (χ0v) is 21.5. The van der Waals surface area contributed by atoms with Crippen LogP contribution in [0.15, 0.2) is 59.5 Å². The third kappa shape index (κ3) is 6.23. The standard InChI is InChI=1S/C25H24F3NO8S/c1-33-20-13-16(10-11-17-14-21(34-2)24(36-4)22(15-17)35-3)12-19(23(20)30)29(37-25(26,27)28)38(31,32)18-8-6-5-7-9-18/h5-15,30H,1-4H3/b11-10+. The van der Waals surface area contributed by atoms with Crippen molar-refractivity contribution in [1.82, 2.24) is 0 Å². The van der Waals surface area contributed by atoms with Gasteiger partial charge < -0.3 is 24.1 Å². The van der Waals surface area contributed by atoms with Gasteiger partial charge in [0.15, 0.2) is 23.0 Å². The summed E-state index contributed by atoms with van der Waals surface area (Å²) in [6.45, 7) is 0. The number of phenols is 1. The second kappa shape index (κ2) is 11.5. The van der Waals surface area contributed by atoms with Crippen molar-refractivity contribution in [2.24, 2.45) is 0 Å². The minimum Gasteiger partial charge on any atom is -0.503 e. The highest BCUT2D eigenvalue weighted by Crippen LogP contribution is 2.43. The van der Waals surface area contributed by atoms with Crippen LogP contribution >= 0.6 is 0 Å². The number of methoxy groups -OCH3 is 4. The minimum absolute atomic E-state index is 0.169. The molecule has 0 aliphatic heterocycles. The summed E-state index contributed by atoms with van der Waals surface area (Å²) in [6.07, 6.45) is -2.41. The molecule has 0 saturated heterocycles. The summed E-state index contributed by atoms with van der Waals surface area (Å²) in [5.74, 6) is -0.123. The van der Waals surface area contributed by atoms with E-state index in [1.165, 1.54) is 51.7 Å². The largest absolute Gasteiger partial charge is 0.544 e. The van der Waals surface area contributed by atoms with E-state index in [-0.39, 0.29) is 11.3 Å². The number of sulfonamides is 1. The van der Waals surface area contributed by atoms with Gasteiger partial charge in [0.1, 0.15) is 5.69 Å². The van der Waals surface area contributed by atoms with Gasteiger partial charge in [-0.25, -0.2) is 0 Å². The van der Waals surface area contributed by atoms with Crippen molar-refractivity contribution in [3.8, 4) is 28.7 Å². The molecule has 3 aromatic rings. The smallest absolute Gasteiger partial charge is 0.503 e. The number of benzene rings is 3. The van der Waals surface area contributed by atoms with Gasteiger partial charge in [-0.3, -0.25) is 0 Å². The average molecular weight is 556 g/mol. The fourth-order valence-electron chi connectivity index (χ4n) is 3.40. The SMILES string of the molecule is COc1cc(/C=C/c2cc(OC)c(OC)c(OC)c2)cc(N(OC(F)(F)F)S(=O)(=O)c2ccccc2)c1O. The van der Waals surface area contributed by atoms with Crippen LogP contribution in [-0.2, 0) is 14.9 Å². The van der Waals surface area contributed by atoms with Gasteiger partial charge in [0.25, 0.3) is 10.0 Å². The molecule has 0 bridgehead atoms. The Labute approximate surface area is 217 Å². The maximum Gasteiger partial charge on any atom is 0.544 e. The fraction of sp³-hybridized carbons (Fsp3) is 0.200. The molecule has 38 heavy (non-hydrogen) atoms. The number of phenolic OH excluding ortho intramolecular Hbond substituents is 1. The minimum atomic E-state index is -5.41. The highest BCUT2D eigenvalue weighted by molar-refractivity contribution is 7.92. The molecule has 0 heterocycles. The normalized spacial score (nSPS) is 11.9. The number of hydrogen-bond donors (Lipinski definition) is 1. The van der Waals surface area contributed by atoms with E-state index in [0.717, 1.165) is 25.3 Å². The van der Waals surface area contributed by atoms with E-state index in [1.807, 2.05) is 0 Å². The van der Waals surface area contributed by atoms with E-state index in [4.69, 9.17) is 18.9 Å². The third-order valence-corrected chi connectivity index (χ3v) is 6.67. The second-order valence-corrected chi connectivity index (χ2v) is 9.22. The average Bonchev–Trinajstić information content (AvgIpc) is 2.90. The van der Waals surface area contributed by atoms with E-state index in [9.17, 15) is 26.7 Å². The Kier molecular flexibility index (Phi) is 8.63. The molecular formula is C25H24F3NO8S. The first kappa shape index (κ1) is 28.5. The second-order valence-electron chi connectivity index (χ2n) is 7.47. The maximum absolute atomic E-state index is 13.3. The van der Waals surface area contributed by atoms with Crippen molar-refractivity contribution in [2.45, 2.75) is 11.3 Å². The molecule has 0 saturated carbocycles. The first-order chi connectivity index (χ1) is 17.9. The Bertz CT molecular complexity index is 1390. The predicted molar refractivity (Wildman–Crippen MR) is 133 cm³/mol. The number of hydrogen-bond acceptors (Lipinski definition) is 8. The van der Waals surface area contributed by atoms with Gasteiger partial charge in [-0.15, -0.1) is 17.6 Å². The molecule has 0 spiro atoms. The van der Waals surface area contributed by atoms with Crippen LogP contribution in [0.2, 0.25) is 0 Å². The molecule has 3 rings (SSSR count). The van der Waals surface area contributed by atoms with Crippen molar-refractivity contribution in [1.29, 1.82) is 0 Å². The van der Waals surface area contributed by atoms with Gasteiger partial charge in [0.2, 0.25) is 5.75 Å². The summed E-state index contributed by atoms with van der Waals surface area (Å²) >= 11 is 0. The van der Waals surface area contributed by atoms with Crippen molar-refractivity contribution in [3.63, 3.8) is 0 Å². The summed E-state index contributed by atoms with van der Waals surface area (Å²) < 4.78 is 86.9. The molecule has 1 N–H and O–H groups in total. The van der Waals surface area contributed by atoms with E-state index < -0.39 is 37.2 Å². The number of ether oxygens (including phenoxy) is 4. The molecule has 0 aliphatic rings. The van der Waals surface area contributed by atoms with E-state index in [0.29, 0.717) is 22.8 Å². The fourth-order valence-corrected chi connectivity index (χ4v) is 4.68. The number of aromatic hydroxyl groups is 1. The molecule has 0 aliphatic carbocycles. The van der Waals surface area contributed by atoms with Gasteiger partial charge in [-0.2, -0.15) is 13.3 Å². The van der Waals surface area contributed by atoms with Gasteiger partial charge in [0, 0.05) is 0 Å². The molecule has 0 atom stereocenters. The molecule has 0 amide bonds. The lowest BCUT2D eigenvalue weighted by atomic mass is 10.1. The first-order valence-corrected chi connectivity index (χ1v) is 12.1. The molecule has 13 heteroatoms. The summed E-state index contributed by atoms with van der Waals surface area (Å²) in [4.78, 5) is 3.39. The van der Waals surface area contributed by atoms with Crippen molar-refractivity contribution < 1.29 is 50.5 Å². The van der Waals surface area contributed by atoms with Crippen LogP contribution in [0.5, 0.6) is 28.7 Å². The van der Waals surface area contributed by atoms with Crippen molar-refractivity contribution in [3.05, 3.63) is 65.7 Å². The molecule has 0 aromatic heterocycles. The summed E-state index contributed by atoms with van der Waals surface area (Å²) in [5, 5.41) is 10.6. The zero-order valence-electron chi connectivity index (χ0n) is 20.6. The summed E-state index contributed by atoms with van der Waals surface area (Å²) in [7, 11) is 0.532. The van der Waals surface area contributed by atoms with Crippen molar-refractivity contribution >= 4 is 27.9 Å². The third-order valence-electron chi connectivity index (χ3n) is 5.09. The Hall–Kier alpha value is -4.10. The topological polar surface area (TPSA) is 104 Å².